The number of aliphatic hydroxyl groups is 1. The monoisotopic (exact) mass is 233 g/mol. The molecule has 92 valence electrons. The molecule has 2 rings (SSSR count). The summed E-state index contributed by atoms with van der Waals surface area (Å²) in [6.45, 7) is 2.56. The van der Waals surface area contributed by atoms with Crippen molar-refractivity contribution in [3.05, 3.63) is 36.2 Å². The summed E-state index contributed by atoms with van der Waals surface area (Å²) in [5, 5.41) is 10.3. The van der Waals surface area contributed by atoms with E-state index in [1.165, 1.54) is 0 Å². The molecule has 1 aliphatic carbocycles. The highest BCUT2D eigenvalue weighted by molar-refractivity contribution is 5.25. The Morgan fingerprint density at radius 3 is 3.06 bits per heavy atom. The minimum atomic E-state index is -0.437. The maximum Gasteiger partial charge on any atom is 0.137 e. The summed E-state index contributed by atoms with van der Waals surface area (Å²) in [6, 6.07) is 1.89. The van der Waals surface area contributed by atoms with Gasteiger partial charge in [0.05, 0.1) is 18.9 Å². The van der Waals surface area contributed by atoms with Crippen molar-refractivity contribution in [3.63, 3.8) is 0 Å². The van der Waals surface area contributed by atoms with Crippen LogP contribution in [0.4, 0.5) is 0 Å². The van der Waals surface area contributed by atoms with Gasteiger partial charge in [-0.05, 0) is 38.2 Å². The Hall–Kier alpha value is -1.35. The molecule has 2 atom stereocenters. The van der Waals surface area contributed by atoms with Gasteiger partial charge in [-0.2, -0.15) is 0 Å². The van der Waals surface area contributed by atoms with Crippen molar-refractivity contribution < 1.29 is 9.84 Å². The third kappa shape index (κ3) is 3.07. The van der Waals surface area contributed by atoms with Crippen LogP contribution >= 0.6 is 0 Å². The molecule has 1 aromatic heterocycles. The molecule has 1 aliphatic rings. The lowest BCUT2D eigenvalue weighted by molar-refractivity contribution is 0.102. The minimum absolute atomic E-state index is 0.304. The van der Waals surface area contributed by atoms with Gasteiger partial charge in [0, 0.05) is 11.8 Å². The fourth-order valence-electron chi connectivity index (χ4n) is 2.22. The van der Waals surface area contributed by atoms with E-state index in [9.17, 15) is 5.11 Å². The molecule has 1 N–H and O–H groups in total. The van der Waals surface area contributed by atoms with Gasteiger partial charge in [0.2, 0.25) is 0 Å². The second-order valence-electron chi connectivity index (χ2n) is 4.38. The topological polar surface area (TPSA) is 42.4 Å². The molecule has 0 saturated heterocycles. The van der Waals surface area contributed by atoms with E-state index >= 15 is 0 Å². The molecule has 0 aromatic carbocycles. The van der Waals surface area contributed by atoms with E-state index in [0.29, 0.717) is 12.5 Å². The van der Waals surface area contributed by atoms with E-state index in [4.69, 9.17) is 4.74 Å². The first-order chi connectivity index (χ1) is 8.31. The van der Waals surface area contributed by atoms with Gasteiger partial charge in [0.15, 0.2) is 0 Å². The van der Waals surface area contributed by atoms with E-state index in [-0.39, 0.29) is 0 Å². The average molecular weight is 233 g/mol. The lowest BCUT2D eigenvalue weighted by Crippen LogP contribution is -2.14. The van der Waals surface area contributed by atoms with Gasteiger partial charge in [-0.3, -0.25) is 4.98 Å². The summed E-state index contributed by atoms with van der Waals surface area (Å²) in [5.74, 6) is 1.04. The van der Waals surface area contributed by atoms with Crippen LogP contribution < -0.4 is 4.74 Å². The van der Waals surface area contributed by atoms with Gasteiger partial charge >= 0.3 is 0 Å². The molecule has 0 spiro atoms. The second-order valence-corrected chi connectivity index (χ2v) is 4.38. The van der Waals surface area contributed by atoms with Crippen LogP contribution in [0.5, 0.6) is 5.75 Å². The Labute approximate surface area is 102 Å². The molecule has 17 heavy (non-hydrogen) atoms. The molecule has 0 fully saturated rings. The van der Waals surface area contributed by atoms with Crippen molar-refractivity contribution in [1.82, 2.24) is 4.98 Å². The molecule has 3 heteroatoms. The van der Waals surface area contributed by atoms with Crippen LogP contribution in [0.1, 0.15) is 37.9 Å². The van der Waals surface area contributed by atoms with Gasteiger partial charge in [-0.15, -0.1) is 0 Å². The molecular formula is C14H19NO2. The van der Waals surface area contributed by atoms with E-state index < -0.39 is 6.10 Å². The predicted octanol–water partition coefficient (Wildman–Crippen LogP) is 2.87. The first-order valence-corrected chi connectivity index (χ1v) is 6.22. The number of hydrogen-bond acceptors (Lipinski definition) is 3. The molecule has 0 bridgehead atoms. The number of pyridine rings is 1. The molecule has 1 aromatic rings. The van der Waals surface area contributed by atoms with Crippen LogP contribution in [0, 0.1) is 5.92 Å². The number of rotatable bonds is 4. The molecule has 3 nitrogen and oxygen atoms in total. The number of allylic oxidation sites excluding steroid dienone is 2. The van der Waals surface area contributed by atoms with Gasteiger partial charge in [-0.1, -0.05) is 12.2 Å². The fourth-order valence-corrected chi connectivity index (χ4v) is 2.22. The molecule has 0 aliphatic heterocycles. The van der Waals surface area contributed by atoms with E-state index in [1.807, 2.05) is 13.0 Å². The molecule has 0 saturated carbocycles. The molecule has 0 amide bonds. The Morgan fingerprint density at radius 1 is 1.47 bits per heavy atom. The van der Waals surface area contributed by atoms with Crippen molar-refractivity contribution in [2.45, 2.75) is 32.3 Å². The Kier molecular flexibility index (Phi) is 4.15. The van der Waals surface area contributed by atoms with Crippen molar-refractivity contribution >= 4 is 0 Å². The van der Waals surface area contributed by atoms with E-state index in [1.54, 1.807) is 12.4 Å². The maximum absolute atomic E-state index is 10.3. The van der Waals surface area contributed by atoms with E-state index in [2.05, 4.69) is 17.1 Å². The zero-order valence-corrected chi connectivity index (χ0v) is 10.2. The Balaban J connectivity index is 2.09. The maximum atomic E-state index is 10.3. The normalized spacial score (nSPS) is 21.2. The summed E-state index contributed by atoms with van der Waals surface area (Å²) >= 11 is 0. The standard InChI is InChI=1S/C14H19NO2/c1-2-17-13-8-12(9-15-10-13)14(16)11-6-4-3-5-7-11/h3-4,8-11,14,16H,2,5-7H2,1H3. The molecule has 2 unspecified atom stereocenters. The largest absolute Gasteiger partial charge is 0.492 e. The fraction of sp³-hybridized carbons (Fsp3) is 0.500. The lowest BCUT2D eigenvalue weighted by atomic mass is 9.86. The number of nitrogens with zero attached hydrogens (tertiary/aromatic N) is 1. The zero-order chi connectivity index (χ0) is 12.1. The van der Waals surface area contributed by atoms with Crippen molar-refractivity contribution in [1.29, 1.82) is 0 Å². The summed E-state index contributed by atoms with van der Waals surface area (Å²) in [7, 11) is 0. The molecule has 0 radical (unpaired) electrons. The SMILES string of the molecule is CCOc1cncc(C(O)C2CC=CCC2)c1. The molecule has 1 heterocycles. The van der Waals surface area contributed by atoms with Gasteiger partial charge in [0.1, 0.15) is 5.75 Å². The quantitative estimate of drug-likeness (QED) is 0.813. The third-order valence-electron chi connectivity index (χ3n) is 3.14. The summed E-state index contributed by atoms with van der Waals surface area (Å²) < 4.78 is 5.40. The van der Waals surface area contributed by atoms with E-state index in [0.717, 1.165) is 30.6 Å². The number of hydrogen-bond donors (Lipinski definition) is 1. The Bertz CT molecular complexity index is 390. The van der Waals surface area contributed by atoms with Gasteiger partial charge < -0.3 is 9.84 Å². The van der Waals surface area contributed by atoms with Crippen LogP contribution in [0.3, 0.4) is 0 Å². The summed E-state index contributed by atoms with van der Waals surface area (Å²) in [6.07, 6.45) is 10.3. The number of aliphatic hydroxyl groups excluding tert-OH is 1. The van der Waals surface area contributed by atoms with Crippen molar-refractivity contribution in [2.24, 2.45) is 5.92 Å². The highest BCUT2D eigenvalue weighted by atomic mass is 16.5. The zero-order valence-electron chi connectivity index (χ0n) is 10.2. The lowest BCUT2D eigenvalue weighted by Gasteiger charge is -2.24. The third-order valence-corrected chi connectivity index (χ3v) is 3.14. The second kappa shape index (κ2) is 5.82. The highest BCUT2D eigenvalue weighted by Crippen LogP contribution is 2.32. The Morgan fingerprint density at radius 2 is 2.35 bits per heavy atom. The van der Waals surface area contributed by atoms with Crippen LogP contribution in [0.2, 0.25) is 0 Å². The average Bonchev–Trinajstić information content (AvgIpc) is 2.40. The summed E-state index contributed by atoms with van der Waals surface area (Å²) in [5.41, 5.74) is 0.858. The number of ether oxygens (including phenoxy) is 1. The summed E-state index contributed by atoms with van der Waals surface area (Å²) in [4.78, 5) is 4.12. The van der Waals surface area contributed by atoms with Crippen LogP contribution in [-0.4, -0.2) is 16.7 Å². The number of aromatic nitrogens is 1. The van der Waals surface area contributed by atoms with Gasteiger partial charge in [0.25, 0.3) is 0 Å². The first-order valence-electron chi connectivity index (χ1n) is 6.22. The minimum Gasteiger partial charge on any atom is -0.492 e. The van der Waals surface area contributed by atoms with Crippen LogP contribution in [0.25, 0.3) is 0 Å². The van der Waals surface area contributed by atoms with Gasteiger partial charge in [-0.25, -0.2) is 0 Å². The predicted molar refractivity (Wildman–Crippen MR) is 66.8 cm³/mol. The first kappa shape index (κ1) is 12.1. The van der Waals surface area contributed by atoms with Crippen molar-refractivity contribution in [3.8, 4) is 5.75 Å². The van der Waals surface area contributed by atoms with Crippen LogP contribution in [-0.2, 0) is 0 Å². The van der Waals surface area contributed by atoms with Crippen LogP contribution in [0.15, 0.2) is 30.6 Å². The molecular weight excluding hydrogens is 214 g/mol. The smallest absolute Gasteiger partial charge is 0.137 e. The highest BCUT2D eigenvalue weighted by Gasteiger charge is 2.21. The van der Waals surface area contributed by atoms with Crippen molar-refractivity contribution in [2.75, 3.05) is 6.61 Å².